The second-order valence-corrected chi connectivity index (χ2v) is 5.61. The van der Waals surface area contributed by atoms with Gasteiger partial charge in [0.15, 0.2) is 0 Å². The molecule has 2 rings (SSSR count). The summed E-state index contributed by atoms with van der Waals surface area (Å²) in [5.74, 6) is 0.796. The molecule has 5 heteroatoms. The molecule has 0 radical (unpaired) electrons. The first-order chi connectivity index (χ1) is 9.29. The third-order valence-electron chi connectivity index (χ3n) is 3.92. The molecule has 1 aliphatic carbocycles. The lowest BCUT2D eigenvalue weighted by atomic mass is 9.97. The molecule has 2 N–H and O–H groups in total. The third-order valence-corrected chi connectivity index (χ3v) is 3.92. The molecule has 1 aliphatic heterocycles. The van der Waals surface area contributed by atoms with E-state index in [1.807, 2.05) is 6.07 Å². The molecule has 1 heterocycles. The number of nitrogens with one attached hydrogen (secondary N) is 2. The van der Waals surface area contributed by atoms with Gasteiger partial charge in [-0.1, -0.05) is 0 Å². The molecule has 1 amide bonds. The number of amides is 1. The van der Waals surface area contributed by atoms with Crippen LogP contribution < -0.4 is 10.6 Å². The maximum absolute atomic E-state index is 11.8. The van der Waals surface area contributed by atoms with Crippen LogP contribution in [0.3, 0.4) is 0 Å². The number of carbonyl (C=O) groups excluding carboxylic acids is 1. The minimum absolute atomic E-state index is 0.0658. The van der Waals surface area contributed by atoms with Crippen molar-refractivity contribution in [3.63, 3.8) is 0 Å². The topological polar surface area (TPSA) is 68.2 Å². The molecule has 0 aromatic carbocycles. The molecule has 0 aromatic rings. The van der Waals surface area contributed by atoms with Gasteiger partial charge in [-0.3, -0.25) is 9.69 Å². The fraction of sp³-hybridized carbons (Fsp3) is 0.857. The Morgan fingerprint density at radius 2 is 2.05 bits per heavy atom. The van der Waals surface area contributed by atoms with Gasteiger partial charge in [-0.25, -0.2) is 0 Å². The smallest absolute Gasteiger partial charge is 0.234 e. The number of carbonyl (C=O) groups is 1. The zero-order valence-electron chi connectivity index (χ0n) is 11.5. The average molecular weight is 264 g/mol. The molecule has 0 unspecified atom stereocenters. The minimum Gasteiger partial charge on any atom is -0.354 e. The number of rotatable bonds is 7. The molecule has 19 heavy (non-hydrogen) atoms. The van der Waals surface area contributed by atoms with E-state index in [0.29, 0.717) is 25.6 Å². The maximum atomic E-state index is 11.8. The lowest BCUT2D eigenvalue weighted by Gasteiger charge is -2.29. The minimum atomic E-state index is 0.0658. The largest absolute Gasteiger partial charge is 0.354 e. The van der Waals surface area contributed by atoms with Crippen molar-refractivity contribution in [1.29, 1.82) is 5.26 Å². The SMILES string of the molecule is N#CCCNC(=O)CN(CC1CCNCC1)C1CC1. The van der Waals surface area contributed by atoms with Crippen molar-refractivity contribution in [3.05, 3.63) is 0 Å². The van der Waals surface area contributed by atoms with Crippen LogP contribution in [0.15, 0.2) is 0 Å². The Morgan fingerprint density at radius 3 is 2.68 bits per heavy atom. The summed E-state index contributed by atoms with van der Waals surface area (Å²) in [6.45, 7) is 4.24. The highest BCUT2D eigenvalue weighted by atomic mass is 16.2. The van der Waals surface area contributed by atoms with Gasteiger partial charge in [0.25, 0.3) is 0 Å². The summed E-state index contributed by atoms with van der Waals surface area (Å²) >= 11 is 0. The van der Waals surface area contributed by atoms with Crippen molar-refractivity contribution in [2.75, 3.05) is 32.7 Å². The van der Waals surface area contributed by atoms with Crippen molar-refractivity contribution in [1.82, 2.24) is 15.5 Å². The molecule has 0 aromatic heterocycles. The van der Waals surface area contributed by atoms with E-state index < -0.39 is 0 Å². The second kappa shape index (κ2) is 7.46. The van der Waals surface area contributed by atoms with Crippen LogP contribution >= 0.6 is 0 Å². The summed E-state index contributed by atoms with van der Waals surface area (Å²) in [4.78, 5) is 14.2. The number of hydrogen-bond donors (Lipinski definition) is 2. The lowest BCUT2D eigenvalue weighted by molar-refractivity contribution is -0.122. The number of hydrogen-bond acceptors (Lipinski definition) is 4. The summed E-state index contributed by atoms with van der Waals surface area (Å²) in [5.41, 5.74) is 0. The highest BCUT2D eigenvalue weighted by Gasteiger charge is 2.31. The highest BCUT2D eigenvalue weighted by molar-refractivity contribution is 5.78. The average Bonchev–Trinajstić information content (AvgIpc) is 3.24. The van der Waals surface area contributed by atoms with Crippen LogP contribution in [0.4, 0.5) is 0 Å². The van der Waals surface area contributed by atoms with Crippen molar-refractivity contribution < 1.29 is 4.79 Å². The van der Waals surface area contributed by atoms with Gasteiger partial charge in [-0.15, -0.1) is 0 Å². The first-order valence-corrected chi connectivity index (χ1v) is 7.38. The van der Waals surface area contributed by atoms with Gasteiger partial charge in [0.2, 0.25) is 5.91 Å². The maximum Gasteiger partial charge on any atom is 0.234 e. The molecule has 2 fully saturated rings. The van der Waals surface area contributed by atoms with Gasteiger partial charge < -0.3 is 10.6 Å². The van der Waals surface area contributed by atoms with Gasteiger partial charge in [-0.2, -0.15) is 5.26 Å². The molecular formula is C14H24N4O. The molecule has 106 valence electrons. The summed E-state index contributed by atoms with van der Waals surface area (Å²) in [7, 11) is 0. The predicted octanol–water partition coefficient (Wildman–Crippen LogP) is 0.480. The Bertz CT molecular complexity index is 329. The Labute approximate surface area is 115 Å². The zero-order chi connectivity index (χ0) is 13.5. The standard InChI is InChI=1S/C14H24N4O/c15-6-1-7-17-14(19)11-18(13-2-3-13)10-12-4-8-16-9-5-12/h12-13,16H,1-5,7-11H2,(H,17,19). The van der Waals surface area contributed by atoms with Crippen molar-refractivity contribution in [2.24, 2.45) is 5.92 Å². The Morgan fingerprint density at radius 1 is 1.32 bits per heavy atom. The van der Waals surface area contributed by atoms with E-state index in [4.69, 9.17) is 5.26 Å². The molecule has 0 bridgehead atoms. The van der Waals surface area contributed by atoms with Gasteiger partial charge in [0, 0.05) is 19.1 Å². The van der Waals surface area contributed by atoms with E-state index in [1.54, 1.807) is 0 Å². The van der Waals surface area contributed by atoms with Crippen molar-refractivity contribution in [3.8, 4) is 6.07 Å². The van der Waals surface area contributed by atoms with E-state index in [2.05, 4.69) is 15.5 Å². The molecule has 1 saturated heterocycles. The normalized spacial score (nSPS) is 20.2. The second-order valence-electron chi connectivity index (χ2n) is 5.61. The van der Waals surface area contributed by atoms with E-state index in [0.717, 1.165) is 25.6 Å². The van der Waals surface area contributed by atoms with Crippen LogP contribution in [0.1, 0.15) is 32.1 Å². The van der Waals surface area contributed by atoms with Crippen molar-refractivity contribution in [2.45, 2.75) is 38.1 Å². The number of nitrogens with zero attached hydrogens (tertiary/aromatic N) is 2. The fourth-order valence-corrected chi connectivity index (χ4v) is 2.68. The Balaban J connectivity index is 1.72. The van der Waals surface area contributed by atoms with Gasteiger partial charge in [0.05, 0.1) is 19.0 Å². The molecule has 2 aliphatic rings. The predicted molar refractivity (Wildman–Crippen MR) is 73.4 cm³/mol. The van der Waals surface area contributed by atoms with Gasteiger partial charge in [0.1, 0.15) is 0 Å². The van der Waals surface area contributed by atoms with Crippen LogP contribution in [0.5, 0.6) is 0 Å². The van der Waals surface area contributed by atoms with Crippen LogP contribution in [0.25, 0.3) is 0 Å². The summed E-state index contributed by atoms with van der Waals surface area (Å²) in [5, 5.41) is 14.7. The quantitative estimate of drug-likeness (QED) is 0.656. The van der Waals surface area contributed by atoms with E-state index in [9.17, 15) is 4.79 Å². The van der Waals surface area contributed by atoms with E-state index >= 15 is 0 Å². The monoisotopic (exact) mass is 264 g/mol. The zero-order valence-corrected chi connectivity index (χ0v) is 11.5. The van der Waals surface area contributed by atoms with Crippen LogP contribution in [-0.2, 0) is 4.79 Å². The summed E-state index contributed by atoms with van der Waals surface area (Å²) in [6, 6.07) is 2.66. The first-order valence-electron chi connectivity index (χ1n) is 7.38. The molecule has 5 nitrogen and oxygen atoms in total. The van der Waals surface area contributed by atoms with Crippen molar-refractivity contribution >= 4 is 5.91 Å². The molecule has 1 saturated carbocycles. The molecular weight excluding hydrogens is 240 g/mol. The van der Waals surface area contributed by atoms with Crippen LogP contribution in [0, 0.1) is 17.2 Å². The summed E-state index contributed by atoms with van der Waals surface area (Å²) < 4.78 is 0. The van der Waals surface area contributed by atoms with Crippen LogP contribution in [-0.4, -0.2) is 49.6 Å². The Kier molecular flexibility index (Phi) is 5.62. The molecule has 0 spiro atoms. The first kappa shape index (κ1) is 14.3. The number of piperidine rings is 1. The van der Waals surface area contributed by atoms with E-state index in [1.165, 1.54) is 25.7 Å². The fourth-order valence-electron chi connectivity index (χ4n) is 2.68. The van der Waals surface area contributed by atoms with Crippen LogP contribution in [0.2, 0.25) is 0 Å². The lowest BCUT2D eigenvalue weighted by Crippen LogP contribution is -2.42. The third kappa shape index (κ3) is 5.17. The molecule has 0 atom stereocenters. The number of nitriles is 1. The van der Waals surface area contributed by atoms with Gasteiger partial charge >= 0.3 is 0 Å². The Hall–Kier alpha value is -1.12. The summed E-state index contributed by atoms with van der Waals surface area (Å²) in [6.07, 6.45) is 5.30. The van der Waals surface area contributed by atoms with Gasteiger partial charge in [-0.05, 0) is 44.7 Å². The highest BCUT2D eigenvalue weighted by Crippen LogP contribution is 2.28. The van der Waals surface area contributed by atoms with E-state index in [-0.39, 0.29) is 5.91 Å².